The number of amides is 3. The van der Waals surface area contributed by atoms with Crippen LogP contribution in [0.1, 0.15) is 27.9 Å². The predicted octanol–water partition coefficient (Wildman–Crippen LogP) is 1.44. The van der Waals surface area contributed by atoms with Gasteiger partial charge in [-0.3, -0.25) is 14.4 Å². The van der Waals surface area contributed by atoms with Crippen molar-refractivity contribution in [1.29, 1.82) is 0 Å². The van der Waals surface area contributed by atoms with Gasteiger partial charge >= 0.3 is 0 Å². The number of fused-ring (bicyclic) bond motifs is 1. The molecule has 6 nitrogen and oxygen atoms in total. The first kappa shape index (κ1) is 18.2. The van der Waals surface area contributed by atoms with E-state index in [4.69, 9.17) is 0 Å². The van der Waals surface area contributed by atoms with Gasteiger partial charge in [0.25, 0.3) is 5.91 Å². The fourth-order valence-corrected chi connectivity index (χ4v) is 4.01. The molecule has 4 rings (SSSR count). The third-order valence-electron chi connectivity index (χ3n) is 5.40. The van der Waals surface area contributed by atoms with Gasteiger partial charge in [0.05, 0.1) is 0 Å². The highest BCUT2D eigenvalue weighted by atomic mass is 16.2. The van der Waals surface area contributed by atoms with Crippen LogP contribution in [0, 0.1) is 6.92 Å². The predicted molar refractivity (Wildman–Crippen MR) is 105 cm³/mol. The van der Waals surface area contributed by atoms with Crippen LogP contribution in [0.5, 0.6) is 0 Å². The van der Waals surface area contributed by atoms with Crippen molar-refractivity contribution < 1.29 is 14.4 Å². The zero-order chi connectivity index (χ0) is 19.7. The third kappa shape index (κ3) is 3.63. The minimum atomic E-state index is -0.558. The SMILES string of the molecule is Cc1cccc(C(=O)N[C@H]2C[C@H]3C(=O)N[C@@H](Cc4ccccc4)C(=O)N3C2)c1. The summed E-state index contributed by atoms with van der Waals surface area (Å²) in [4.78, 5) is 39.6. The fourth-order valence-electron chi connectivity index (χ4n) is 4.01. The summed E-state index contributed by atoms with van der Waals surface area (Å²) < 4.78 is 0. The minimum absolute atomic E-state index is 0.0826. The van der Waals surface area contributed by atoms with Crippen molar-refractivity contribution in [3.63, 3.8) is 0 Å². The van der Waals surface area contributed by atoms with Gasteiger partial charge in [0.15, 0.2) is 0 Å². The van der Waals surface area contributed by atoms with Crippen molar-refractivity contribution in [3.05, 3.63) is 71.3 Å². The summed E-state index contributed by atoms with van der Waals surface area (Å²) in [5.41, 5.74) is 2.60. The molecule has 0 aliphatic carbocycles. The lowest BCUT2D eigenvalue weighted by Crippen LogP contribution is -2.61. The molecule has 3 atom stereocenters. The average Bonchev–Trinajstić information content (AvgIpc) is 3.11. The Kier molecular flexibility index (Phi) is 4.86. The Morgan fingerprint density at radius 1 is 1.14 bits per heavy atom. The van der Waals surface area contributed by atoms with Crippen molar-refractivity contribution in [2.75, 3.05) is 6.54 Å². The maximum atomic E-state index is 12.9. The zero-order valence-corrected chi connectivity index (χ0v) is 15.7. The van der Waals surface area contributed by atoms with Crippen LogP contribution in [0.4, 0.5) is 0 Å². The number of aryl methyl sites for hydroxylation is 1. The number of benzene rings is 2. The molecule has 6 heteroatoms. The van der Waals surface area contributed by atoms with Crippen LogP contribution in [0.25, 0.3) is 0 Å². The van der Waals surface area contributed by atoms with E-state index in [0.717, 1.165) is 11.1 Å². The number of nitrogens with one attached hydrogen (secondary N) is 2. The van der Waals surface area contributed by atoms with Crippen molar-refractivity contribution >= 4 is 17.7 Å². The molecule has 144 valence electrons. The minimum Gasteiger partial charge on any atom is -0.347 e. The van der Waals surface area contributed by atoms with Crippen LogP contribution in [0.2, 0.25) is 0 Å². The van der Waals surface area contributed by atoms with Crippen LogP contribution in [0.3, 0.4) is 0 Å². The Labute approximate surface area is 163 Å². The Morgan fingerprint density at radius 2 is 1.93 bits per heavy atom. The maximum Gasteiger partial charge on any atom is 0.251 e. The molecule has 2 fully saturated rings. The van der Waals surface area contributed by atoms with E-state index in [1.165, 1.54) is 0 Å². The molecule has 0 radical (unpaired) electrons. The first-order valence-corrected chi connectivity index (χ1v) is 9.53. The van der Waals surface area contributed by atoms with Crippen molar-refractivity contribution in [2.24, 2.45) is 0 Å². The molecule has 2 heterocycles. The monoisotopic (exact) mass is 377 g/mol. The molecule has 2 aliphatic heterocycles. The number of carbonyl (C=O) groups excluding carboxylic acids is 3. The third-order valence-corrected chi connectivity index (χ3v) is 5.40. The van der Waals surface area contributed by atoms with Crippen molar-refractivity contribution in [3.8, 4) is 0 Å². The fraction of sp³-hybridized carbons (Fsp3) is 0.318. The summed E-state index contributed by atoms with van der Waals surface area (Å²) in [6.45, 7) is 2.29. The molecule has 2 aliphatic rings. The molecule has 0 unspecified atom stereocenters. The molecule has 0 spiro atoms. The van der Waals surface area contributed by atoms with E-state index in [2.05, 4.69) is 10.6 Å². The van der Waals surface area contributed by atoms with Gasteiger partial charge in [-0.15, -0.1) is 0 Å². The lowest BCUT2D eigenvalue weighted by atomic mass is 10.0. The van der Waals surface area contributed by atoms with Gasteiger partial charge in [0.2, 0.25) is 11.8 Å². The summed E-state index contributed by atoms with van der Waals surface area (Å²) in [5.74, 6) is -0.407. The Hall–Kier alpha value is -3.15. The van der Waals surface area contributed by atoms with E-state index in [9.17, 15) is 14.4 Å². The second-order valence-electron chi connectivity index (χ2n) is 7.53. The van der Waals surface area contributed by atoms with Gasteiger partial charge < -0.3 is 15.5 Å². The number of piperazine rings is 1. The summed E-state index contributed by atoms with van der Waals surface area (Å²) >= 11 is 0. The van der Waals surface area contributed by atoms with Crippen molar-refractivity contribution in [2.45, 2.75) is 37.9 Å². The first-order chi connectivity index (χ1) is 13.5. The molecule has 3 amide bonds. The Balaban J connectivity index is 1.43. The van der Waals surface area contributed by atoms with E-state index in [1.54, 1.807) is 11.0 Å². The molecular weight excluding hydrogens is 354 g/mol. The number of hydrogen-bond donors (Lipinski definition) is 2. The van der Waals surface area contributed by atoms with Crippen LogP contribution in [-0.2, 0) is 16.0 Å². The quantitative estimate of drug-likeness (QED) is 0.846. The molecule has 0 bridgehead atoms. The van der Waals surface area contributed by atoms with E-state index in [1.807, 2.05) is 55.5 Å². The van der Waals surface area contributed by atoms with Gasteiger partial charge in [-0.25, -0.2) is 0 Å². The van der Waals surface area contributed by atoms with Crippen LogP contribution >= 0.6 is 0 Å². The van der Waals surface area contributed by atoms with Crippen LogP contribution < -0.4 is 10.6 Å². The number of hydrogen-bond acceptors (Lipinski definition) is 3. The van der Waals surface area contributed by atoms with Gasteiger partial charge in [-0.1, -0.05) is 48.0 Å². The normalized spacial score (nSPS) is 23.9. The molecule has 2 N–H and O–H groups in total. The Morgan fingerprint density at radius 3 is 2.68 bits per heavy atom. The topological polar surface area (TPSA) is 78.5 Å². The molecule has 28 heavy (non-hydrogen) atoms. The van der Waals surface area contributed by atoms with E-state index < -0.39 is 12.1 Å². The smallest absolute Gasteiger partial charge is 0.251 e. The second kappa shape index (κ2) is 7.46. The van der Waals surface area contributed by atoms with Crippen molar-refractivity contribution in [1.82, 2.24) is 15.5 Å². The summed E-state index contributed by atoms with van der Waals surface area (Å²) in [6, 6.07) is 15.7. The summed E-state index contributed by atoms with van der Waals surface area (Å²) in [5, 5.41) is 5.83. The second-order valence-corrected chi connectivity index (χ2v) is 7.53. The van der Waals surface area contributed by atoms with Crippen LogP contribution in [0.15, 0.2) is 54.6 Å². The highest BCUT2D eigenvalue weighted by molar-refractivity contribution is 5.98. The standard InChI is InChI=1S/C22H23N3O3/c1-14-6-5-9-16(10-14)20(26)23-17-12-19-21(27)24-18(22(28)25(19)13-17)11-15-7-3-2-4-8-15/h2-10,17-19H,11-13H2,1H3,(H,23,26)(H,24,27)/t17-,18-,19-/m0/s1. The number of carbonyl (C=O) groups is 3. The average molecular weight is 377 g/mol. The molecule has 0 aromatic heterocycles. The lowest BCUT2D eigenvalue weighted by molar-refractivity contribution is -0.147. The van der Waals surface area contributed by atoms with Gasteiger partial charge in [0.1, 0.15) is 12.1 Å². The first-order valence-electron chi connectivity index (χ1n) is 9.53. The molecule has 2 aromatic carbocycles. The molecule has 2 aromatic rings. The van der Waals surface area contributed by atoms with Gasteiger partial charge in [-0.05, 0) is 31.0 Å². The summed E-state index contributed by atoms with van der Waals surface area (Å²) in [6.07, 6.45) is 0.905. The summed E-state index contributed by atoms with van der Waals surface area (Å²) in [7, 11) is 0. The van der Waals surface area contributed by atoms with Gasteiger partial charge in [0, 0.05) is 24.6 Å². The highest BCUT2D eigenvalue weighted by Crippen LogP contribution is 2.24. The van der Waals surface area contributed by atoms with Gasteiger partial charge in [-0.2, -0.15) is 0 Å². The van der Waals surface area contributed by atoms with Crippen LogP contribution in [-0.4, -0.2) is 47.3 Å². The highest BCUT2D eigenvalue weighted by Gasteiger charge is 2.46. The van der Waals surface area contributed by atoms with E-state index in [-0.39, 0.29) is 23.8 Å². The maximum absolute atomic E-state index is 12.9. The number of rotatable bonds is 4. The molecular formula is C22H23N3O3. The largest absolute Gasteiger partial charge is 0.347 e. The number of nitrogens with zero attached hydrogens (tertiary/aromatic N) is 1. The Bertz CT molecular complexity index is 912. The molecule has 2 saturated heterocycles. The van der Waals surface area contributed by atoms with E-state index in [0.29, 0.717) is 24.9 Å². The molecule has 0 saturated carbocycles. The van der Waals surface area contributed by atoms with E-state index >= 15 is 0 Å². The lowest BCUT2D eigenvalue weighted by Gasteiger charge is -2.34. The zero-order valence-electron chi connectivity index (χ0n) is 15.7.